The highest BCUT2D eigenvalue weighted by Gasteiger charge is 2.10. The molecule has 0 saturated carbocycles. The molecule has 132 valence electrons. The van der Waals surface area contributed by atoms with Gasteiger partial charge in [0, 0.05) is 17.8 Å². The highest BCUT2D eigenvalue weighted by atomic mass is 16.3. The van der Waals surface area contributed by atoms with Crippen LogP contribution in [0.15, 0.2) is 65.3 Å². The quantitative estimate of drug-likeness (QED) is 0.730. The summed E-state index contributed by atoms with van der Waals surface area (Å²) in [6, 6.07) is 16.3. The van der Waals surface area contributed by atoms with E-state index in [-0.39, 0.29) is 17.6 Å². The van der Waals surface area contributed by atoms with Crippen LogP contribution < -0.4 is 10.6 Å². The summed E-state index contributed by atoms with van der Waals surface area (Å²) in [5, 5.41) is 5.69. The van der Waals surface area contributed by atoms with Crippen molar-refractivity contribution in [1.82, 2.24) is 5.32 Å². The zero-order valence-corrected chi connectivity index (χ0v) is 14.7. The molecule has 0 spiro atoms. The number of hydrogen-bond acceptors (Lipinski definition) is 3. The number of furan rings is 1. The predicted molar refractivity (Wildman–Crippen MR) is 100 cm³/mol. The predicted octanol–water partition coefficient (Wildman–Crippen LogP) is 4.08. The van der Waals surface area contributed by atoms with Gasteiger partial charge in [-0.2, -0.15) is 0 Å². The summed E-state index contributed by atoms with van der Waals surface area (Å²) in [7, 11) is 0. The van der Waals surface area contributed by atoms with Crippen LogP contribution in [-0.4, -0.2) is 11.8 Å². The first kappa shape index (κ1) is 17.5. The average molecular weight is 348 g/mol. The lowest BCUT2D eigenvalue weighted by atomic mass is 10.1. The van der Waals surface area contributed by atoms with E-state index >= 15 is 0 Å². The minimum absolute atomic E-state index is 0.118. The number of carbonyl (C=O) groups excluding carboxylic acids is 2. The van der Waals surface area contributed by atoms with Crippen LogP contribution in [0.1, 0.15) is 37.6 Å². The maximum Gasteiger partial charge on any atom is 0.291 e. The molecule has 0 atom stereocenters. The number of benzene rings is 2. The molecule has 0 aliphatic heterocycles. The van der Waals surface area contributed by atoms with E-state index in [1.54, 1.807) is 18.2 Å². The number of hydrogen-bond donors (Lipinski definition) is 2. The molecule has 0 aliphatic rings. The Balaban J connectivity index is 1.63. The molecule has 0 bridgehead atoms. The van der Waals surface area contributed by atoms with E-state index in [9.17, 15) is 9.59 Å². The molecule has 0 unspecified atom stereocenters. The molecule has 26 heavy (non-hydrogen) atoms. The fourth-order valence-electron chi connectivity index (χ4n) is 2.71. The van der Waals surface area contributed by atoms with Crippen molar-refractivity contribution in [2.45, 2.75) is 20.4 Å². The van der Waals surface area contributed by atoms with Gasteiger partial charge in [-0.3, -0.25) is 9.59 Å². The van der Waals surface area contributed by atoms with Crippen LogP contribution in [0, 0.1) is 13.8 Å². The first-order valence-electron chi connectivity index (χ1n) is 8.32. The molecule has 0 radical (unpaired) electrons. The Morgan fingerprint density at radius 1 is 0.962 bits per heavy atom. The topological polar surface area (TPSA) is 71.3 Å². The molecule has 2 aromatic carbocycles. The Morgan fingerprint density at radius 3 is 2.54 bits per heavy atom. The van der Waals surface area contributed by atoms with E-state index < -0.39 is 0 Å². The van der Waals surface area contributed by atoms with Gasteiger partial charge in [-0.25, -0.2) is 0 Å². The van der Waals surface area contributed by atoms with Gasteiger partial charge in [0.2, 0.25) is 0 Å². The number of nitrogens with one attached hydrogen (secondary N) is 2. The summed E-state index contributed by atoms with van der Waals surface area (Å²) in [6.45, 7) is 4.29. The molecule has 1 heterocycles. The molecule has 2 N–H and O–H groups in total. The van der Waals surface area contributed by atoms with E-state index in [1.807, 2.05) is 50.2 Å². The second-order valence-corrected chi connectivity index (χ2v) is 6.13. The van der Waals surface area contributed by atoms with Crippen molar-refractivity contribution in [2.24, 2.45) is 0 Å². The van der Waals surface area contributed by atoms with Crippen LogP contribution in [0.5, 0.6) is 0 Å². The Kier molecular flexibility index (Phi) is 5.17. The largest absolute Gasteiger partial charge is 0.459 e. The van der Waals surface area contributed by atoms with Crippen LogP contribution >= 0.6 is 0 Å². The highest BCUT2D eigenvalue weighted by Crippen LogP contribution is 2.14. The Bertz CT molecular complexity index is 930. The van der Waals surface area contributed by atoms with Crippen LogP contribution in [0.25, 0.3) is 0 Å². The van der Waals surface area contributed by atoms with Gasteiger partial charge < -0.3 is 15.1 Å². The number of amides is 2. The third-order valence-corrected chi connectivity index (χ3v) is 4.01. The van der Waals surface area contributed by atoms with Gasteiger partial charge >= 0.3 is 0 Å². The number of anilines is 1. The summed E-state index contributed by atoms with van der Waals surface area (Å²) in [6.07, 6.45) is 1.45. The van der Waals surface area contributed by atoms with E-state index in [2.05, 4.69) is 10.6 Å². The molecule has 0 fully saturated rings. The summed E-state index contributed by atoms with van der Waals surface area (Å²) in [5.74, 6) is -0.183. The highest BCUT2D eigenvalue weighted by molar-refractivity contribution is 6.02. The van der Waals surface area contributed by atoms with E-state index in [0.29, 0.717) is 17.8 Å². The first-order valence-corrected chi connectivity index (χ1v) is 8.32. The minimum Gasteiger partial charge on any atom is -0.459 e. The fraction of sp³-hybridized carbons (Fsp3) is 0.143. The van der Waals surface area contributed by atoms with Gasteiger partial charge in [-0.05, 0) is 55.3 Å². The molecule has 5 nitrogen and oxygen atoms in total. The molecule has 0 saturated heterocycles. The van der Waals surface area contributed by atoms with Gasteiger partial charge in [0.15, 0.2) is 5.76 Å². The standard InChI is InChI=1S/C21H20N2O3/c1-14-8-9-18(15(2)11-14)20(24)22-13-16-5-3-6-17(12-16)23-21(25)19-7-4-10-26-19/h3-12H,13H2,1-2H3,(H,22,24)(H,23,25). The Morgan fingerprint density at radius 2 is 1.81 bits per heavy atom. The first-order chi connectivity index (χ1) is 12.5. The summed E-state index contributed by atoms with van der Waals surface area (Å²) in [4.78, 5) is 24.4. The monoisotopic (exact) mass is 348 g/mol. The second kappa shape index (κ2) is 7.70. The van der Waals surface area contributed by atoms with Gasteiger partial charge in [-0.15, -0.1) is 0 Å². The van der Waals surface area contributed by atoms with E-state index in [1.165, 1.54) is 6.26 Å². The van der Waals surface area contributed by atoms with Crippen molar-refractivity contribution < 1.29 is 14.0 Å². The van der Waals surface area contributed by atoms with Crippen LogP contribution in [0.3, 0.4) is 0 Å². The SMILES string of the molecule is Cc1ccc(C(=O)NCc2cccc(NC(=O)c3ccco3)c2)c(C)c1. The maximum atomic E-state index is 12.4. The van der Waals surface area contributed by atoms with Gasteiger partial charge in [0.05, 0.1) is 6.26 Å². The lowest BCUT2D eigenvalue weighted by Crippen LogP contribution is -2.23. The van der Waals surface area contributed by atoms with Crippen molar-refractivity contribution in [2.75, 3.05) is 5.32 Å². The Hall–Kier alpha value is -3.34. The molecule has 1 aromatic heterocycles. The van der Waals surface area contributed by atoms with Gasteiger partial charge in [-0.1, -0.05) is 29.8 Å². The van der Waals surface area contributed by atoms with E-state index in [4.69, 9.17) is 4.42 Å². The third kappa shape index (κ3) is 4.19. The lowest BCUT2D eigenvalue weighted by Gasteiger charge is -2.10. The number of carbonyl (C=O) groups is 2. The van der Waals surface area contributed by atoms with Gasteiger partial charge in [0.25, 0.3) is 11.8 Å². The molecule has 3 aromatic rings. The molecule has 0 aliphatic carbocycles. The summed E-state index contributed by atoms with van der Waals surface area (Å²) < 4.78 is 5.08. The van der Waals surface area contributed by atoms with Crippen molar-refractivity contribution in [3.63, 3.8) is 0 Å². The summed E-state index contributed by atoms with van der Waals surface area (Å²) in [5.41, 5.74) is 4.27. The normalized spacial score (nSPS) is 10.4. The molecule has 5 heteroatoms. The van der Waals surface area contributed by atoms with Crippen molar-refractivity contribution in [3.8, 4) is 0 Å². The van der Waals surface area contributed by atoms with Crippen molar-refractivity contribution in [1.29, 1.82) is 0 Å². The smallest absolute Gasteiger partial charge is 0.291 e. The van der Waals surface area contributed by atoms with Gasteiger partial charge in [0.1, 0.15) is 0 Å². The second-order valence-electron chi connectivity index (χ2n) is 6.13. The van der Waals surface area contributed by atoms with Crippen molar-refractivity contribution in [3.05, 3.63) is 88.9 Å². The van der Waals surface area contributed by atoms with Crippen LogP contribution in [0.4, 0.5) is 5.69 Å². The van der Waals surface area contributed by atoms with Crippen LogP contribution in [-0.2, 0) is 6.54 Å². The minimum atomic E-state index is -0.313. The number of aryl methyl sites for hydroxylation is 2. The average Bonchev–Trinajstić information content (AvgIpc) is 3.15. The van der Waals surface area contributed by atoms with E-state index in [0.717, 1.165) is 16.7 Å². The Labute approximate surface area is 152 Å². The molecular formula is C21H20N2O3. The third-order valence-electron chi connectivity index (χ3n) is 4.01. The molecule has 2 amide bonds. The van der Waals surface area contributed by atoms with Crippen LogP contribution in [0.2, 0.25) is 0 Å². The fourth-order valence-corrected chi connectivity index (χ4v) is 2.71. The van der Waals surface area contributed by atoms with Crippen molar-refractivity contribution >= 4 is 17.5 Å². The maximum absolute atomic E-state index is 12.4. The molecular weight excluding hydrogens is 328 g/mol. The lowest BCUT2D eigenvalue weighted by molar-refractivity contribution is 0.0949. The zero-order chi connectivity index (χ0) is 18.5. The zero-order valence-electron chi connectivity index (χ0n) is 14.7. The molecule has 3 rings (SSSR count). The summed E-state index contributed by atoms with van der Waals surface area (Å²) >= 11 is 0. The number of rotatable bonds is 5.